The first-order valence-corrected chi connectivity index (χ1v) is 4.26. The lowest BCUT2D eigenvalue weighted by atomic mass is 10.3. The van der Waals surface area contributed by atoms with Crippen LogP contribution in [0.3, 0.4) is 0 Å². The van der Waals surface area contributed by atoms with Gasteiger partial charge in [0.05, 0.1) is 18.3 Å². The molecule has 14 heavy (non-hydrogen) atoms. The molecule has 3 heteroatoms. The predicted molar refractivity (Wildman–Crippen MR) is 53.5 cm³/mol. The van der Waals surface area contributed by atoms with Crippen LogP contribution in [-0.4, -0.2) is 14.8 Å². The van der Waals surface area contributed by atoms with Crippen molar-refractivity contribution in [2.45, 2.75) is 6.54 Å². The largest absolute Gasteiger partial charge is 0.267 e. The van der Waals surface area contributed by atoms with Crippen LogP contribution in [-0.2, 0) is 6.54 Å². The van der Waals surface area contributed by atoms with E-state index in [4.69, 9.17) is 6.42 Å². The molecule has 0 saturated heterocycles. The van der Waals surface area contributed by atoms with E-state index >= 15 is 0 Å². The van der Waals surface area contributed by atoms with Crippen LogP contribution in [0.5, 0.6) is 0 Å². The maximum absolute atomic E-state index is 5.24. The third-order valence-electron chi connectivity index (χ3n) is 1.87. The van der Waals surface area contributed by atoms with Gasteiger partial charge in [-0.15, -0.1) is 6.42 Å². The van der Waals surface area contributed by atoms with Gasteiger partial charge in [-0.05, 0) is 11.6 Å². The predicted octanol–water partition coefficient (Wildman–Crippen LogP) is 1.31. The fraction of sp³-hybridized carbons (Fsp3) is 0.0909. The van der Waals surface area contributed by atoms with Crippen LogP contribution in [0, 0.1) is 12.3 Å². The van der Waals surface area contributed by atoms with E-state index in [1.807, 2.05) is 24.5 Å². The third kappa shape index (κ3) is 1.80. The van der Waals surface area contributed by atoms with Crippen LogP contribution in [0.15, 0.2) is 36.9 Å². The molecule has 0 unspecified atom stereocenters. The monoisotopic (exact) mass is 183 g/mol. The topological polar surface area (TPSA) is 30.7 Å². The molecule has 2 aromatic rings. The van der Waals surface area contributed by atoms with Gasteiger partial charge in [0.2, 0.25) is 0 Å². The van der Waals surface area contributed by atoms with Crippen molar-refractivity contribution in [1.82, 2.24) is 14.8 Å². The van der Waals surface area contributed by atoms with Gasteiger partial charge < -0.3 is 0 Å². The van der Waals surface area contributed by atoms with E-state index in [0.29, 0.717) is 6.54 Å². The summed E-state index contributed by atoms with van der Waals surface area (Å²) >= 11 is 0. The Kier molecular flexibility index (Phi) is 2.28. The molecule has 0 bridgehead atoms. The highest BCUT2D eigenvalue weighted by Gasteiger charge is 1.96. The minimum Gasteiger partial charge on any atom is -0.267 e. The molecule has 0 aliphatic rings. The second kappa shape index (κ2) is 3.75. The molecule has 68 valence electrons. The number of rotatable bonds is 2. The maximum atomic E-state index is 5.24. The first-order chi connectivity index (χ1) is 6.88. The number of hydrogen-bond donors (Lipinski definition) is 0. The Balaban J connectivity index is 2.16. The standard InChI is InChI=1S/C11H9N3/c1-2-10-7-13-14(8-10)9-11-4-3-5-12-6-11/h1,3-8H,9H2. The van der Waals surface area contributed by atoms with Crippen LogP contribution in [0.2, 0.25) is 0 Å². The van der Waals surface area contributed by atoms with Crippen molar-refractivity contribution < 1.29 is 0 Å². The summed E-state index contributed by atoms with van der Waals surface area (Å²) in [5.41, 5.74) is 1.91. The summed E-state index contributed by atoms with van der Waals surface area (Å²) in [5.74, 6) is 2.53. The summed E-state index contributed by atoms with van der Waals surface area (Å²) < 4.78 is 1.80. The van der Waals surface area contributed by atoms with E-state index < -0.39 is 0 Å². The van der Waals surface area contributed by atoms with Crippen molar-refractivity contribution in [3.8, 4) is 12.3 Å². The van der Waals surface area contributed by atoms with E-state index in [1.165, 1.54) is 0 Å². The molecular weight excluding hydrogens is 174 g/mol. The fourth-order valence-corrected chi connectivity index (χ4v) is 1.20. The molecule has 0 N–H and O–H groups in total. The van der Waals surface area contributed by atoms with Crippen LogP contribution in [0.1, 0.15) is 11.1 Å². The lowest BCUT2D eigenvalue weighted by molar-refractivity contribution is 0.685. The average Bonchev–Trinajstić information content (AvgIpc) is 2.67. The van der Waals surface area contributed by atoms with Crippen LogP contribution in [0.4, 0.5) is 0 Å². The molecule has 0 aliphatic carbocycles. The van der Waals surface area contributed by atoms with Gasteiger partial charge in [-0.1, -0.05) is 12.0 Å². The molecule has 0 aliphatic heterocycles. The van der Waals surface area contributed by atoms with E-state index in [2.05, 4.69) is 16.0 Å². The molecule has 0 fully saturated rings. The van der Waals surface area contributed by atoms with Gasteiger partial charge in [0.15, 0.2) is 0 Å². The molecule has 0 radical (unpaired) electrons. The molecule has 0 saturated carbocycles. The number of pyridine rings is 1. The molecule has 0 amide bonds. The van der Waals surface area contributed by atoms with Crippen LogP contribution in [0.25, 0.3) is 0 Å². The molecule has 0 aromatic carbocycles. The number of nitrogens with zero attached hydrogens (tertiary/aromatic N) is 3. The second-order valence-electron chi connectivity index (χ2n) is 2.93. The second-order valence-corrected chi connectivity index (χ2v) is 2.93. The van der Waals surface area contributed by atoms with Crippen molar-refractivity contribution >= 4 is 0 Å². The first kappa shape index (κ1) is 8.52. The maximum Gasteiger partial charge on any atom is 0.0674 e. The normalized spacial score (nSPS) is 9.64. The highest BCUT2D eigenvalue weighted by molar-refractivity contribution is 5.26. The number of hydrogen-bond acceptors (Lipinski definition) is 2. The van der Waals surface area contributed by atoms with Crippen molar-refractivity contribution in [2.75, 3.05) is 0 Å². The SMILES string of the molecule is C#Cc1cnn(Cc2cccnc2)c1. The minimum absolute atomic E-state index is 0.704. The van der Waals surface area contributed by atoms with Gasteiger partial charge in [-0.2, -0.15) is 5.10 Å². The molecule has 2 heterocycles. The van der Waals surface area contributed by atoms with Crippen molar-refractivity contribution in [1.29, 1.82) is 0 Å². The highest BCUT2D eigenvalue weighted by Crippen LogP contribution is 2.01. The molecule has 3 nitrogen and oxygen atoms in total. The van der Waals surface area contributed by atoms with Crippen molar-refractivity contribution in [3.05, 3.63) is 48.0 Å². The van der Waals surface area contributed by atoms with E-state index in [1.54, 1.807) is 17.1 Å². The molecular formula is C11H9N3. The number of aromatic nitrogens is 3. The van der Waals surface area contributed by atoms with Crippen LogP contribution < -0.4 is 0 Å². The smallest absolute Gasteiger partial charge is 0.0674 e. The Labute approximate surface area is 82.4 Å². The van der Waals surface area contributed by atoms with Gasteiger partial charge in [0.25, 0.3) is 0 Å². The average molecular weight is 183 g/mol. The lowest BCUT2D eigenvalue weighted by Crippen LogP contribution is -1.99. The minimum atomic E-state index is 0.704. The van der Waals surface area contributed by atoms with Crippen LogP contribution >= 0.6 is 0 Å². The van der Waals surface area contributed by atoms with E-state index in [-0.39, 0.29) is 0 Å². The van der Waals surface area contributed by atoms with Gasteiger partial charge >= 0.3 is 0 Å². The summed E-state index contributed by atoms with van der Waals surface area (Å²) in [6, 6.07) is 3.91. The molecule has 2 rings (SSSR count). The van der Waals surface area contributed by atoms with Crippen molar-refractivity contribution in [3.63, 3.8) is 0 Å². The molecule has 2 aromatic heterocycles. The summed E-state index contributed by atoms with van der Waals surface area (Å²) in [4.78, 5) is 4.03. The molecule has 0 spiro atoms. The highest BCUT2D eigenvalue weighted by atomic mass is 15.3. The van der Waals surface area contributed by atoms with Gasteiger partial charge in [0, 0.05) is 18.6 Å². The Hall–Kier alpha value is -2.08. The van der Waals surface area contributed by atoms with E-state index in [0.717, 1.165) is 11.1 Å². The van der Waals surface area contributed by atoms with Gasteiger partial charge in [-0.25, -0.2) is 0 Å². The Morgan fingerprint density at radius 3 is 3.00 bits per heavy atom. The quantitative estimate of drug-likeness (QED) is 0.657. The fourth-order valence-electron chi connectivity index (χ4n) is 1.20. The van der Waals surface area contributed by atoms with Gasteiger partial charge in [0.1, 0.15) is 0 Å². The van der Waals surface area contributed by atoms with E-state index in [9.17, 15) is 0 Å². The molecule has 0 atom stereocenters. The van der Waals surface area contributed by atoms with Crippen molar-refractivity contribution in [2.24, 2.45) is 0 Å². The Bertz CT molecular complexity index is 451. The zero-order valence-electron chi connectivity index (χ0n) is 7.59. The summed E-state index contributed by atoms with van der Waals surface area (Å²) in [6.45, 7) is 0.704. The lowest BCUT2D eigenvalue weighted by Gasteiger charge is -1.99. The summed E-state index contributed by atoms with van der Waals surface area (Å²) in [6.07, 6.45) is 12.3. The summed E-state index contributed by atoms with van der Waals surface area (Å²) in [7, 11) is 0. The van der Waals surface area contributed by atoms with Gasteiger partial charge in [-0.3, -0.25) is 9.67 Å². The summed E-state index contributed by atoms with van der Waals surface area (Å²) in [5, 5.41) is 4.13. The Morgan fingerprint density at radius 1 is 1.43 bits per heavy atom. The zero-order valence-corrected chi connectivity index (χ0v) is 7.59. The Morgan fingerprint density at radius 2 is 2.36 bits per heavy atom. The zero-order chi connectivity index (χ0) is 9.80. The third-order valence-corrected chi connectivity index (χ3v) is 1.87. The first-order valence-electron chi connectivity index (χ1n) is 4.26. The number of terminal acetylenes is 1.